The zero-order valence-corrected chi connectivity index (χ0v) is 19.5. The summed E-state index contributed by atoms with van der Waals surface area (Å²) in [6.45, 7) is 19.4. The number of thioether (sulfide) groups is 1. The maximum absolute atomic E-state index is 2.56. The van der Waals surface area contributed by atoms with Crippen LogP contribution in [-0.2, 0) is 0 Å². The molecule has 3 rings (SSSR count). The summed E-state index contributed by atoms with van der Waals surface area (Å²) in [6, 6.07) is 0. The molecule has 0 nitrogen and oxygen atoms in total. The minimum absolute atomic E-state index is 0.677. The maximum Gasteiger partial charge on any atom is 0.104 e. The van der Waals surface area contributed by atoms with Crippen LogP contribution in [0.3, 0.4) is 0 Å². The quantitative estimate of drug-likeness (QED) is 0.559. The summed E-state index contributed by atoms with van der Waals surface area (Å²) in [6.07, 6.45) is 0. The van der Waals surface area contributed by atoms with Gasteiger partial charge in [-0.3, -0.25) is 0 Å². The molecule has 3 heterocycles. The molecule has 0 fully saturated rings. The molecule has 0 radical (unpaired) electrons. The Labute approximate surface area is 150 Å². The summed E-state index contributed by atoms with van der Waals surface area (Å²) in [5.74, 6) is 0. The minimum atomic E-state index is -1.21. The van der Waals surface area contributed by atoms with Gasteiger partial charge in [-0.2, -0.15) is 0 Å². The summed E-state index contributed by atoms with van der Waals surface area (Å²) in [4.78, 5) is 3.31. The first-order valence-electron chi connectivity index (χ1n) is 8.07. The maximum atomic E-state index is 2.56. The SMILES string of the molecule is Cc1c(SC(C)C)sc2c1[Si@@H](C)c1c-2sc([Si](C)(C)C)c1C. The molecule has 120 valence electrons. The van der Waals surface area contributed by atoms with Crippen molar-refractivity contribution in [2.24, 2.45) is 0 Å². The highest BCUT2D eigenvalue weighted by atomic mass is 32.2. The Balaban J connectivity index is 2.17. The van der Waals surface area contributed by atoms with Gasteiger partial charge < -0.3 is 0 Å². The van der Waals surface area contributed by atoms with E-state index in [4.69, 9.17) is 0 Å². The molecule has 0 unspecified atom stereocenters. The molecule has 1 aliphatic heterocycles. The van der Waals surface area contributed by atoms with Crippen molar-refractivity contribution in [1.29, 1.82) is 0 Å². The molecule has 0 aliphatic carbocycles. The van der Waals surface area contributed by atoms with E-state index in [1.165, 1.54) is 0 Å². The highest BCUT2D eigenvalue weighted by molar-refractivity contribution is 8.01. The van der Waals surface area contributed by atoms with Crippen LogP contribution in [0.15, 0.2) is 4.21 Å². The Morgan fingerprint density at radius 1 is 0.955 bits per heavy atom. The van der Waals surface area contributed by atoms with Crippen LogP contribution in [0.4, 0.5) is 0 Å². The predicted octanol–water partition coefficient (Wildman–Crippen LogP) is 4.42. The topological polar surface area (TPSA) is 0 Å². The van der Waals surface area contributed by atoms with Crippen molar-refractivity contribution in [3.8, 4) is 9.75 Å². The van der Waals surface area contributed by atoms with E-state index in [0.29, 0.717) is 5.25 Å². The molecule has 1 atom stereocenters. The van der Waals surface area contributed by atoms with E-state index >= 15 is 0 Å². The van der Waals surface area contributed by atoms with Crippen LogP contribution in [0.2, 0.25) is 26.2 Å². The predicted molar refractivity (Wildman–Crippen MR) is 113 cm³/mol. The second-order valence-corrected chi connectivity index (χ2v) is 19.5. The van der Waals surface area contributed by atoms with E-state index in [9.17, 15) is 0 Å². The van der Waals surface area contributed by atoms with E-state index in [2.05, 4.69) is 88.3 Å². The first kappa shape index (κ1) is 17.0. The van der Waals surface area contributed by atoms with Gasteiger partial charge in [0.2, 0.25) is 0 Å². The standard InChI is InChI=1S/C17H26S3Si2/c1-9(2)18-16-10(3)14-12(19-16)13-15(21(14)5)11(4)17(20-13)22(6,7)8/h9,21H,1-8H3/t21-/m1/s1. The lowest BCUT2D eigenvalue weighted by atomic mass is 10.3. The molecule has 5 heteroatoms. The molecule has 0 amide bonds. The number of hydrogen-bond donors (Lipinski definition) is 0. The lowest BCUT2D eigenvalue weighted by Crippen LogP contribution is -2.42. The average Bonchev–Trinajstić information content (AvgIpc) is 2.94. The van der Waals surface area contributed by atoms with Crippen molar-refractivity contribution >= 4 is 66.2 Å². The van der Waals surface area contributed by atoms with Crippen LogP contribution in [0, 0.1) is 13.8 Å². The van der Waals surface area contributed by atoms with Crippen LogP contribution in [-0.4, -0.2) is 22.1 Å². The van der Waals surface area contributed by atoms with E-state index in [1.807, 2.05) is 0 Å². The van der Waals surface area contributed by atoms with Gasteiger partial charge in [-0.15, -0.1) is 34.4 Å². The van der Waals surface area contributed by atoms with Crippen molar-refractivity contribution in [2.45, 2.75) is 63.3 Å². The Bertz CT molecular complexity index is 732. The Morgan fingerprint density at radius 2 is 1.50 bits per heavy atom. The summed E-state index contributed by atoms with van der Waals surface area (Å²) < 4.78 is 3.32. The van der Waals surface area contributed by atoms with Crippen molar-refractivity contribution in [3.05, 3.63) is 11.1 Å². The van der Waals surface area contributed by atoms with Crippen LogP contribution >= 0.6 is 34.4 Å². The summed E-state index contributed by atoms with van der Waals surface area (Å²) in [5.41, 5.74) is 3.27. The summed E-state index contributed by atoms with van der Waals surface area (Å²) in [5, 5.41) is 4.23. The molecule has 0 saturated carbocycles. The third kappa shape index (κ3) is 2.53. The van der Waals surface area contributed by atoms with Crippen molar-refractivity contribution < 1.29 is 0 Å². The van der Waals surface area contributed by atoms with E-state index in [-0.39, 0.29) is 0 Å². The normalized spacial score (nSPS) is 17.2. The van der Waals surface area contributed by atoms with Crippen LogP contribution in [0.5, 0.6) is 0 Å². The van der Waals surface area contributed by atoms with Crippen molar-refractivity contribution in [2.75, 3.05) is 0 Å². The number of rotatable bonds is 3. The molecule has 0 bridgehead atoms. The minimum Gasteiger partial charge on any atom is -0.144 e. The lowest BCUT2D eigenvalue weighted by molar-refractivity contribution is 1.11. The second-order valence-electron chi connectivity index (χ2n) is 7.69. The highest BCUT2D eigenvalue weighted by Gasteiger charge is 2.37. The first-order chi connectivity index (χ1) is 10.1. The molecular weight excluding hydrogens is 357 g/mol. The molecular formula is C17H26S3Si2. The fourth-order valence-electron chi connectivity index (χ4n) is 3.60. The van der Waals surface area contributed by atoms with Crippen molar-refractivity contribution in [1.82, 2.24) is 0 Å². The Kier molecular flexibility index (Phi) is 4.35. The molecule has 0 aromatic carbocycles. The molecule has 0 saturated heterocycles. The summed E-state index contributed by atoms with van der Waals surface area (Å²) in [7, 11) is -2.18. The molecule has 0 spiro atoms. The Hall–Kier alpha value is 0.184. The monoisotopic (exact) mass is 382 g/mol. The number of fused-ring (bicyclic) bond motifs is 3. The molecule has 2 aromatic heterocycles. The number of hydrogen-bond acceptors (Lipinski definition) is 3. The Morgan fingerprint density at radius 3 is 2.05 bits per heavy atom. The molecule has 0 N–H and O–H groups in total. The fraction of sp³-hybridized carbons (Fsp3) is 0.529. The average molecular weight is 383 g/mol. The van der Waals surface area contributed by atoms with Crippen LogP contribution < -0.4 is 14.9 Å². The molecule has 1 aliphatic rings. The van der Waals surface area contributed by atoms with Gasteiger partial charge >= 0.3 is 0 Å². The first-order valence-corrected chi connectivity index (χ1v) is 16.4. The van der Waals surface area contributed by atoms with E-state index in [0.717, 1.165) is 0 Å². The molecule has 2 aromatic rings. The van der Waals surface area contributed by atoms with Gasteiger partial charge in [0.1, 0.15) is 8.80 Å². The third-order valence-corrected chi connectivity index (χ3v) is 15.8. The summed E-state index contributed by atoms with van der Waals surface area (Å²) >= 11 is 6.28. The van der Waals surface area contributed by atoms with Gasteiger partial charge in [0.25, 0.3) is 0 Å². The highest BCUT2D eigenvalue weighted by Crippen LogP contribution is 2.42. The van der Waals surface area contributed by atoms with Gasteiger partial charge in [0.05, 0.1) is 12.3 Å². The van der Waals surface area contributed by atoms with Crippen LogP contribution in [0.1, 0.15) is 25.0 Å². The van der Waals surface area contributed by atoms with Gasteiger partial charge in [-0.25, -0.2) is 0 Å². The molecule has 22 heavy (non-hydrogen) atoms. The zero-order valence-electron chi connectivity index (χ0n) is 14.9. The lowest BCUT2D eigenvalue weighted by Gasteiger charge is -2.16. The fourth-order valence-corrected chi connectivity index (χ4v) is 15.3. The third-order valence-electron chi connectivity index (χ3n) is 4.44. The van der Waals surface area contributed by atoms with Crippen LogP contribution in [0.25, 0.3) is 9.75 Å². The van der Waals surface area contributed by atoms with Gasteiger partial charge in [-0.05, 0) is 39.8 Å². The van der Waals surface area contributed by atoms with E-state index < -0.39 is 16.9 Å². The van der Waals surface area contributed by atoms with Crippen molar-refractivity contribution in [3.63, 3.8) is 0 Å². The van der Waals surface area contributed by atoms with E-state index in [1.54, 1.807) is 40.0 Å². The van der Waals surface area contributed by atoms with Gasteiger partial charge in [0.15, 0.2) is 0 Å². The smallest absolute Gasteiger partial charge is 0.104 e. The zero-order chi connectivity index (χ0) is 16.4. The number of thiophene rings is 2. The van der Waals surface area contributed by atoms with Gasteiger partial charge in [-0.1, -0.05) is 40.0 Å². The second kappa shape index (κ2) is 5.62. The van der Waals surface area contributed by atoms with Gasteiger partial charge in [0, 0.05) is 15.0 Å². The largest absolute Gasteiger partial charge is 0.144 e.